The Labute approximate surface area is 109 Å². The lowest BCUT2D eigenvalue weighted by molar-refractivity contribution is 0.553. The molecule has 0 spiro atoms. The lowest BCUT2D eigenvalue weighted by atomic mass is 10.3. The summed E-state index contributed by atoms with van der Waals surface area (Å²) in [5, 5.41) is 6.64. The van der Waals surface area contributed by atoms with Crippen molar-refractivity contribution in [1.82, 2.24) is 15.1 Å². The lowest BCUT2D eigenvalue weighted by Gasteiger charge is -2.16. The molecule has 104 valence electrons. The normalized spacial score (nSPS) is 13.8. The number of hydrogen-bond acceptors (Lipinski definition) is 4. The molecule has 0 aliphatic rings. The van der Waals surface area contributed by atoms with Gasteiger partial charge in [-0.15, -0.1) is 0 Å². The second-order valence-electron chi connectivity index (χ2n) is 4.61. The van der Waals surface area contributed by atoms with Gasteiger partial charge in [-0.1, -0.05) is 13.8 Å². The van der Waals surface area contributed by atoms with Gasteiger partial charge in [-0.2, -0.15) is 5.10 Å². The maximum atomic E-state index is 12.0. The van der Waals surface area contributed by atoms with Gasteiger partial charge in [0.05, 0.1) is 17.1 Å². The monoisotopic (exact) mass is 274 g/mol. The minimum Gasteiger partial charge on any atom is -0.313 e. The van der Waals surface area contributed by atoms with E-state index in [9.17, 15) is 8.42 Å². The molecule has 1 heterocycles. The second-order valence-corrected chi connectivity index (χ2v) is 6.70. The van der Waals surface area contributed by atoms with E-state index in [1.54, 1.807) is 17.8 Å². The molecule has 1 atom stereocenters. The second kappa shape index (κ2) is 6.19. The number of hydrogen-bond donors (Lipinski definition) is 2. The highest BCUT2D eigenvalue weighted by Gasteiger charge is 2.21. The smallest absolute Gasteiger partial charge is 0.236 e. The zero-order chi connectivity index (χ0) is 13.8. The SMILES string of the molecule is CCn1cc(NS(=O)(=O)C(C)CNC(C)C)cn1. The average Bonchev–Trinajstić information content (AvgIpc) is 2.72. The fourth-order valence-corrected chi connectivity index (χ4v) is 2.32. The van der Waals surface area contributed by atoms with Crippen molar-refractivity contribution >= 4 is 15.7 Å². The molecular formula is C11H22N4O2S. The molecule has 1 rings (SSSR count). The van der Waals surface area contributed by atoms with Crippen molar-refractivity contribution in [3.8, 4) is 0 Å². The topological polar surface area (TPSA) is 76.0 Å². The number of rotatable bonds is 7. The van der Waals surface area contributed by atoms with Gasteiger partial charge in [-0.25, -0.2) is 8.42 Å². The molecule has 0 saturated heterocycles. The Hall–Kier alpha value is -1.08. The Bertz CT molecular complexity index is 467. The van der Waals surface area contributed by atoms with E-state index in [4.69, 9.17) is 0 Å². The Kier molecular flexibility index (Phi) is 5.15. The molecule has 0 aliphatic carbocycles. The predicted molar refractivity (Wildman–Crippen MR) is 73.0 cm³/mol. The number of aryl methyl sites for hydroxylation is 1. The molecule has 7 heteroatoms. The van der Waals surface area contributed by atoms with Crippen molar-refractivity contribution in [1.29, 1.82) is 0 Å². The Morgan fingerprint density at radius 2 is 2.06 bits per heavy atom. The van der Waals surface area contributed by atoms with Crippen LogP contribution in [0.5, 0.6) is 0 Å². The third kappa shape index (κ3) is 4.30. The molecule has 18 heavy (non-hydrogen) atoms. The van der Waals surface area contributed by atoms with Crippen LogP contribution in [0, 0.1) is 0 Å². The van der Waals surface area contributed by atoms with Gasteiger partial charge in [0.2, 0.25) is 10.0 Å². The summed E-state index contributed by atoms with van der Waals surface area (Å²) in [5.41, 5.74) is 0.508. The van der Waals surface area contributed by atoms with Gasteiger partial charge in [0.25, 0.3) is 0 Å². The summed E-state index contributed by atoms with van der Waals surface area (Å²) in [5.74, 6) is 0. The van der Waals surface area contributed by atoms with E-state index in [1.165, 1.54) is 6.20 Å². The first-order valence-electron chi connectivity index (χ1n) is 6.12. The number of nitrogens with one attached hydrogen (secondary N) is 2. The number of anilines is 1. The quantitative estimate of drug-likeness (QED) is 0.778. The van der Waals surface area contributed by atoms with Crippen LogP contribution >= 0.6 is 0 Å². The van der Waals surface area contributed by atoms with E-state index in [0.717, 1.165) is 0 Å². The molecule has 0 aliphatic heterocycles. The van der Waals surface area contributed by atoms with E-state index in [2.05, 4.69) is 15.1 Å². The molecule has 0 radical (unpaired) electrons. The van der Waals surface area contributed by atoms with E-state index < -0.39 is 15.3 Å². The predicted octanol–water partition coefficient (Wildman–Crippen LogP) is 1.03. The molecule has 1 unspecified atom stereocenters. The third-order valence-electron chi connectivity index (χ3n) is 2.56. The Morgan fingerprint density at radius 1 is 1.39 bits per heavy atom. The highest BCUT2D eigenvalue weighted by molar-refractivity contribution is 7.93. The highest BCUT2D eigenvalue weighted by atomic mass is 32.2. The summed E-state index contributed by atoms with van der Waals surface area (Å²) in [6.45, 7) is 8.74. The highest BCUT2D eigenvalue weighted by Crippen LogP contribution is 2.10. The van der Waals surface area contributed by atoms with Gasteiger partial charge in [0.1, 0.15) is 0 Å². The first-order chi connectivity index (χ1) is 8.35. The van der Waals surface area contributed by atoms with Crippen LogP contribution in [0.1, 0.15) is 27.7 Å². The van der Waals surface area contributed by atoms with Gasteiger partial charge in [0, 0.05) is 25.3 Å². The largest absolute Gasteiger partial charge is 0.313 e. The molecule has 0 aromatic carbocycles. The molecule has 1 aromatic rings. The average molecular weight is 274 g/mol. The van der Waals surface area contributed by atoms with E-state index in [-0.39, 0.29) is 6.04 Å². The van der Waals surface area contributed by atoms with E-state index >= 15 is 0 Å². The van der Waals surface area contributed by atoms with Gasteiger partial charge >= 0.3 is 0 Å². The molecular weight excluding hydrogens is 252 g/mol. The van der Waals surface area contributed by atoms with Crippen LogP contribution in [0.4, 0.5) is 5.69 Å². The van der Waals surface area contributed by atoms with Gasteiger partial charge in [-0.3, -0.25) is 9.40 Å². The maximum Gasteiger partial charge on any atom is 0.236 e. The summed E-state index contributed by atoms with van der Waals surface area (Å²) < 4.78 is 28.3. The lowest BCUT2D eigenvalue weighted by Crippen LogP contribution is -2.37. The van der Waals surface area contributed by atoms with E-state index in [0.29, 0.717) is 18.8 Å². The summed E-state index contributed by atoms with van der Waals surface area (Å²) >= 11 is 0. The fraction of sp³-hybridized carbons (Fsp3) is 0.727. The van der Waals surface area contributed by atoms with Crippen molar-refractivity contribution in [3.05, 3.63) is 12.4 Å². The maximum absolute atomic E-state index is 12.0. The zero-order valence-corrected chi connectivity index (χ0v) is 12.2. The fourth-order valence-electron chi connectivity index (χ4n) is 1.37. The van der Waals surface area contributed by atoms with Crippen LogP contribution in [0.25, 0.3) is 0 Å². The number of aromatic nitrogens is 2. The first kappa shape index (κ1) is 15.0. The summed E-state index contributed by atoms with van der Waals surface area (Å²) in [6, 6.07) is 0.269. The van der Waals surface area contributed by atoms with Gasteiger partial charge < -0.3 is 5.32 Å². The number of nitrogens with zero attached hydrogens (tertiary/aromatic N) is 2. The summed E-state index contributed by atoms with van der Waals surface area (Å²) in [6.07, 6.45) is 3.20. The van der Waals surface area contributed by atoms with Crippen LogP contribution in [-0.4, -0.2) is 36.0 Å². The standard InChI is InChI=1S/C11H22N4O2S/c1-5-15-8-11(7-13-15)14-18(16,17)10(4)6-12-9(2)3/h7-10,12,14H,5-6H2,1-4H3. The minimum absolute atomic E-state index is 0.269. The van der Waals surface area contributed by atoms with Gasteiger partial charge in [-0.05, 0) is 13.8 Å². The zero-order valence-electron chi connectivity index (χ0n) is 11.3. The van der Waals surface area contributed by atoms with Crippen LogP contribution < -0.4 is 10.0 Å². The van der Waals surface area contributed by atoms with Crippen LogP contribution in [-0.2, 0) is 16.6 Å². The molecule has 6 nitrogen and oxygen atoms in total. The van der Waals surface area contributed by atoms with Crippen molar-refractivity contribution in [2.24, 2.45) is 0 Å². The summed E-state index contributed by atoms with van der Waals surface area (Å²) in [4.78, 5) is 0. The van der Waals surface area contributed by atoms with Gasteiger partial charge in [0.15, 0.2) is 0 Å². The molecule has 0 amide bonds. The molecule has 2 N–H and O–H groups in total. The Balaban J connectivity index is 2.63. The van der Waals surface area contributed by atoms with Crippen molar-refractivity contribution in [2.45, 2.75) is 45.5 Å². The van der Waals surface area contributed by atoms with E-state index in [1.807, 2.05) is 20.8 Å². The van der Waals surface area contributed by atoms with Crippen molar-refractivity contribution in [2.75, 3.05) is 11.3 Å². The van der Waals surface area contributed by atoms with Crippen LogP contribution in [0.15, 0.2) is 12.4 Å². The van der Waals surface area contributed by atoms with Crippen LogP contribution in [0.3, 0.4) is 0 Å². The van der Waals surface area contributed by atoms with Crippen molar-refractivity contribution < 1.29 is 8.42 Å². The first-order valence-corrected chi connectivity index (χ1v) is 7.67. The molecule has 0 fully saturated rings. The summed E-state index contributed by atoms with van der Waals surface area (Å²) in [7, 11) is -3.37. The van der Waals surface area contributed by atoms with Crippen LogP contribution in [0.2, 0.25) is 0 Å². The minimum atomic E-state index is -3.37. The number of sulfonamides is 1. The molecule has 1 aromatic heterocycles. The Morgan fingerprint density at radius 3 is 2.56 bits per heavy atom. The molecule has 0 bridgehead atoms. The molecule has 0 saturated carbocycles. The van der Waals surface area contributed by atoms with Crippen molar-refractivity contribution in [3.63, 3.8) is 0 Å². The third-order valence-corrected chi connectivity index (χ3v) is 4.31.